The molecule has 4 N–H and O–H groups in total. The highest BCUT2D eigenvalue weighted by Crippen LogP contribution is 2.13. The zero-order chi connectivity index (χ0) is 12.9. The summed E-state index contributed by atoms with van der Waals surface area (Å²) in [5.74, 6) is -0.344. The lowest BCUT2D eigenvalue weighted by atomic mass is 10.0. The summed E-state index contributed by atoms with van der Waals surface area (Å²) in [6.45, 7) is 6.05. The largest absolute Gasteiger partial charge is 0.341 e. The van der Waals surface area contributed by atoms with E-state index in [4.69, 9.17) is 5.73 Å². The van der Waals surface area contributed by atoms with E-state index in [1.165, 1.54) is 7.05 Å². The van der Waals surface area contributed by atoms with Crippen LogP contribution in [0.5, 0.6) is 0 Å². The zero-order valence-corrected chi connectivity index (χ0v) is 10.6. The van der Waals surface area contributed by atoms with Crippen LogP contribution in [-0.4, -0.2) is 49.1 Å². The van der Waals surface area contributed by atoms with E-state index in [-0.39, 0.29) is 11.4 Å². The lowest BCUT2D eigenvalue weighted by Gasteiger charge is -2.38. The fourth-order valence-electron chi connectivity index (χ4n) is 1.12. The summed E-state index contributed by atoms with van der Waals surface area (Å²) in [6.07, 6.45) is 0. The Balaban J connectivity index is 4.49. The molecule has 0 radical (unpaired) electrons. The van der Waals surface area contributed by atoms with Crippen LogP contribution in [0.2, 0.25) is 0 Å². The zero-order valence-electron chi connectivity index (χ0n) is 10.6. The van der Waals surface area contributed by atoms with Gasteiger partial charge in [0.2, 0.25) is 5.91 Å². The molecule has 0 rings (SSSR count). The lowest BCUT2D eigenvalue weighted by Crippen LogP contribution is -2.56. The molecule has 0 aromatic heterocycles. The van der Waals surface area contributed by atoms with Gasteiger partial charge in [-0.05, 0) is 27.8 Å². The standard InChI is InChI=1S/C10H22N4O2/c1-7(8(15)13-9(16)12-4)14(5)10(2,3)6-11/h7H,6,11H2,1-5H3,(H2,12,13,15,16). The fourth-order valence-corrected chi connectivity index (χ4v) is 1.12. The number of carbonyl (C=O) groups excluding carboxylic acids is 2. The molecule has 0 aromatic rings. The highest BCUT2D eigenvalue weighted by Gasteiger charge is 2.30. The SMILES string of the molecule is CNC(=O)NC(=O)C(C)N(C)C(C)(C)CN. The van der Waals surface area contributed by atoms with Crippen molar-refractivity contribution in [2.24, 2.45) is 5.73 Å². The minimum Gasteiger partial charge on any atom is -0.341 e. The first-order chi connectivity index (χ1) is 7.26. The van der Waals surface area contributed by atoms with Crippen molar-refractivity contribution in [3.05, 3.63) is 0 Å². The van der Waals surface area contributed by atoms with Gasteiger partial charge in [0.15, 0.2) is 0 Å². The summed E-state index contributed by atoms with van der Waals surface area (Å²) < 4.78 is 0. The number of amides is 3. The summed E-state index contributed by atoms with van der Waals surface area (Å²) in [4.78, 5) is 24.5. The molecule has 0 bridgehead atoms. The number of carbonyl (C=O) groups is 2. The van der Waals surface area contributed by atoms with Crippen molar-refractivity contribution >= 4 is 11.9 Å². The normalized spacial score (nSPS) is 13.4. The van der Waals surface area contributed by atoms with E-state index < -0.39 is 12.1 Å². The van der Waals surface area contributed by atoms with Gasteiger partial charge in [-0.2, -0.15) is 0 Å². The molecule has 1 atom stereocenters. The quantitative estimate of drug-likeness (QED) is 0.607. The van der Waals surface area contributed by atoms with Crippen LogP contribution >= 0.6 is 0 Å². The van der Waals surface area contributed by atoms with Crippen molar-refractivity contribution in [3.8, 4) is 0 Å². The number of nitrogens with zero attached hydrogens (tertiary/aromatic N) is 1. The van der Waals surface area contributed by atoms with E-state index in [1.54, 1.807) is 14.0 Å². The Bertz CT molecular complexity index is 266. The van der Waals surface area contributed by atoms with Crippen molar-refractivity contribution in [3.63, 3.8) is 0 Å². The molecule has 0 saturated carbocycles. The van der Waals surface area contributed by atoms with Gasteiger partial charge in [0.25, 0.3) is 0 Å². The third-order valence-corrected chi connectivity index (χ3v) is 2.88. The highest BCUT2D eigenvalue weighted by atomic mass is 16.2. The molecule has 0 saturated heterocycles. The van der Waals surface area contributed by atoms with Gasteiger partial charge in [-0.3, -0.25) is 15.0 Å². The lowest BCUT2D eigenvalue weighted by molar-refractivity contribution is -0.126. The Labute approximate surface area is 96.5 Å². The van der Waals surface area contributed by atoms with Crippen LogP contribution in [0.1, 0.15) is 20.8 Å². The molecule has 0 aromatic carbocycles. The van der Waals surface area contributed by atoms with Crippen LogP contribution in [0.3, 0.4) is 0 Å². The van der Waals surface area contributed by atoms with Gasteiger partial charge >= 0.3 is 6.03 Å². The number of rotatable bonds is 4. The second-order valence-electron chi connectivity index (χ2n) is 4.37. The van der Waals surface area contributed by atoms with Crippen molar-refractivity contribution in [1.29, 1.82) is 0 Å². The summed E-state index contributed by atoms with van der Waals surface area (Å²) in [7, 11) is 3.27. The second kappa shape index (κ2) is 5.81. The van der Waals surface area contributed by atoms with Gasteiger partial charge in [-0.15, -0.1) is 0 Å². The van der Waals surface area contributed by atoms with E-state index in [2.05, 4.69) is 10.6 Å². The van der Waals surface area contributed by atoms with Crippen molar-refractivity contribution in [2.45, 2.75) is 32.4 Å². The van der Waals surface area contributed by atoms with Gasteiger partial charge in [-0.25, -0.2) is 4.79 Å². The van der Waals surface area contributed by atoms with E-state index in [0.29, 0.717) is 6.54 Å². The number of hydrogen-bond acceptors (Lipinski definition) is 4. The van der Waals surface area contributed by atoms with Gasteiger partial charge in [0.05, 0.1) is 6.04 Å². The Morgan fingerprint density at radius 3 is 2.31 bits per heavy atom. The molecule has 0 spiro atoms. The second-order valence-corrected chi connectivity index (χ2v) is 4.37. The van der Waals surface area contributed by atoms with Crippen LogP contribution in [0, 0.1) is 0 Å². The highest BCUT2D eigenvalue weighted by molar-refractivity contribution is 5.96. The first-order valence-corrected chi connectivity index (χ1v) is 5.22. The maximum absolute atomic E-state index is 11.7. The monoisotopic (exact) mass is 230 g/mol. The van der Waals surface area contributed by atoms with E-state index in [9.17, 15) is 9.59 Å². The summed E-state index contributed by atoms with van der Waals surface area (Å²) in [5, 5.41) is 4.56. The number of imide groups is 1. The van der Waals surface area contributed by atoms with Crippen molar-refractivity contribution in [1.82, 2.24) is 15.5 Å². The molecule has 16 heavy (non-hydrogen) atoms. The molecule has 94 valence electrons. The molecule has 3 amide bonds. The van der Waals surface area contributed by atoms with E-state index in [0.717, 1.165) is 0 Å². The minimum absolute atomic E-state index is 0.292. The summed E-state index contributed by atoms with van der Waals surface area (Å²) in [5.41, 5.74) is 5.33. The Morgan fingerprint density at radius 2 is 1.94 bits per heavy atom. The Morgan fingerprint density at radius 1 is 1.44 bits per heavy atom. The van der Waals surface area contributed by atoms with Crippen molar-refractivity contribution < 1.29 is 9.59 Å². The predicted octanol–water partition coefficient (Wildman–Crippen LogP) is -0.500. The fraction of sp³-hybridized carbons (Fsp3) is 0.800. The minimum atomic E-state index is -0.504. The molecule has 0 fully saturated rings. The van der Waals surface area contributed by atoms with Crippen LogP contribution in [0.4, 0.5) is 4.79 Å². The maximum atomic E-state index is 11.7. The van der Waals surface area contributed by atoms with E-state index >= 15 is 0 Å². The molecule has 6 nitrogen and oxygen atoms in total. The number of likely N-dealkylation sites (N-methyl/N-ethyl adjacent to an activating group) is 1. The number of nitrogens with two attached hydrogens (primary N) is 1. The average molecular weight is 230 g/mol. The van der Waals surface area contributed by atoms with Crippen LogP contribution < -0.4 is 16.4 Å². The molecule has 0 heterocycles. The molecular weight excluding hydrogens is 208 g/mol. The number of nitrogens with one attached hydrogen (secondary N) is 2. The first kappa shape index (κ1) is 14.9. The van der Waals surface area contributed by atoms with Crippen LogP contribution in [0.15, 0.2) is 0 Å². The number of hydrogen-bond donors (Lipinski definition) is 3. The third kappa shape index (κ3) is 3.79. The first-order valence-electron chi connectivity index (χ1n) is 5.22. The van der Waals surface area contributed by atoms with Gasteiger partial charge in [0, 0.05) is 19.1 Å². The predicted molar refractivity (Wildman–Crippen MR) is 63.0 cm³/mol. The van der Waals surface area contributed by atoms with Gasteiger partial charge in [0.1, 0.15) is 0 Å². The molecule has 0 aliphatic heterocycles. The van der Waals surface area contributed by atoms with Crippen LogP contribution in [0.25, 0.3) is 0 Å². The van der Waals surface area contributed by atoms with Crippen molar-refractivity contribution in [2.75, 3.05) is 20.6 Å². The van der Waals surface area contributed by atoms with Gasteiger partial charge < -0.3 is 11.1 Å². The topological polar surface area (TPSA) is 87.5 Å². The molecular formula is C10H22N4O2. The Kier molecular flexibility index (Phi) is 5.40. The smallest absolute Gasteiger partial charge is 0.321 e. The maximum Gasteiger partial charge on any atom is 0.321 e. The molecule has 0 aliphatic carbocycles. The molecule has 1 unspecified atom stereocenters. The molecule has 6 heteroatoms. The summed E-state index contributed by atoms with van der Waals surface area (Å²) >= 11 is 0. The summed E-state index contributed by atoms with van der Waals surface area (Å²) in [6, 6.07) is -0.924. The average Bonchev–Trinajstić information content (AvgIpc) is 2.26. The molecule has 0 aliphatic rings. The van der Waals surface area contributed by atoms with Gasteiger partial charge in [-0.1, -0.05) is 0 Å². The van der Waals surface area contributed by atoms with E-state index in [1.807, 2.05) is 18.7 Å². The van der Waals surface area contributed by atoms with Crippen LogP contribution in [-0.2, 0) is 4.79 Å². The Hall–Kier alpha value is -1.14. The number of urea groups is 1. The third-order valence-electron chi connectivity index (χ3n) is 2.88.